The molecule has 0 bridgehead atoms. The van der Waals surface area contributed by atoms with E-state index >= 15 is 0 Å². The highest BCUT2D eigenvalue weighted by molar-refractivity contribution is 6.51. The Morgan fingerprint density at radius 1 is 1.09 bits per heavy atom. The lowest BCUT2D eigenvalue weighted by atomic mass is 9.99. The number of aryl methyl sites for hydroxylation is 2. The average Bonchev–Trinajstić information content (AvgIpc) is 3.49. The Hall–Kier alpha value is -4.33. The molecule has 0 aliphatic carbocycles. The van der Waals surface area contributed by atoms with Gasteiger partial charge in [0.15, 0.2) is 0 Å². The second-order valence-corrected chi connectivity index (χ2v) is 7.93. The molecule has 1 atom stereocenters. The maximum absolute atomic E-state index is 13.2. The van der Waals surface area contributed by atoms with Crippen LogP contribution in [-0.4, -0.2) is 33.9 Å². The first-order chi connectivity index (χ1) is 15.9. The molecule has 33 heavy (non-hydrogen) atoms. The second-order valence-electron chi connectivity index (χ2n) is 7.93. The van der Waals surface area contributed by atoms with Crippen molar-refractivity contribution < 1.29 is 23.8 Å². The Morgan fingerprint density at radius 3 is 2.52 bits per heavy atom. The molecule has 166 valence electrons. The molecule has 2 aromatic carbocycles. The molecule has 1 unspecified atom stereocenters. The lowest BCUT2D eigenvalue weighted by Crippen LogP contribution is -2.30. The van der Waals surface area contributed by atoms with Crippen molar-refractivity contribution in [3.63, 3.8) is 0 Å². The number of aromatic amines is 1. The third-order valence-electron chi connectivity index (χ3n) is 5.69. The molecule has 0 spiro atoms. The Labute approximate surface area is 189 Å². The van der Waals surface area contributed by atoms with Gasteiger partial charge < -0.3 is 19.2 Å². The van der Waals surface area contributed by atoms with E-state index in [4.69, 9.17) is 9.15 Å². The summed E-state index contributed by atoms with van der Waals surface area (Å²) in [6, 6.07) is 14.7. The van der Waals surface area contributed by atoms with Crippen LogP contribution in [0.1, 0.15) is 28.7 Å². The fourth-order valence-electron chi connectivity index (χ4n) is 4.05. The third-order valence-corrected chi connectivity index (χ3v) is 5.69. The highest BCUT2D eigenvalue weighted by Crippen LogP contribution is 2.42. The van der Waals surface area contributed by atoms with Crippen molar-refractivity contribution in [2.75, 3.05) is 12.0 Å². The maximum atomic E-state index is 13.2. The fraction of sp³-hybridized carbons (Fsp3) is 0.160. The van der Waals surface area contributed by atoms with Gasteiger partial charge in [-0.25, -0.2) is 4.98 Å². The Balaban J connectivity index is 1.70. The van der Waals surface area contributed by atoms with Crippen molar-refractivity contribution >= 4 is 34.4 Å². The number of Topliss-reactive ketones (excluding diaryl/α,β-unsaturated/α-hetero) is 1. The van der Waals surface area contributed by atoms with E-state index in [1.54, 1.807) is 43.3 Å². The number of aliphatic hydroxyl groups excluding tert-OH is 1. The molecule has 5 rings (SSSR count). The summed E-state index contributed by atoms with van der Waals surface area (Å²) in [7, 11) is 1.54. The van der Waals surface area contributed by atoms with Crippen molar-refractivity contribution in [2.24, 2.45) is 0 Å². The first-order valence-electron chi connectivity index (χ1n) is 10.4. The molecule has 8 nitrogen and oxygen atoms in total. The van der Waals surface area contributed by atoms with E-state index in [2.05, 4.69) is 9.97 Å². The minimum Gasteiger partial charge on any atom is -0.507 e. The number of carbonyl (C=O) groups is 2. The minimum absolute atomic E-state index is 0.0730. The molecule has 1 aliphatic heterocycles. The molecule has 1 amide bonds. The number of ketones is 1. The monoisotopic (exact) mass is 443 g/mol. The van der Waals surface area contributed by atoms with Crippen molar-refractivity contribution in [2.45, 2.75) is 19.9 Å². The van der Waals surface area contributed by atoms with Gasteiger partial charge in [0.05, 0.1) is 23.7 Å². The van der Waals surface area contributed by atoms with Gasteiger partial charge in [-0.15, -0.1) is 0 Å². The molecule has 2 N–H and O–H groups in total. The average molecular weight is 443 g/mol. The number of fused-ring (bicyclic) bond motifs is 1. The first-order valence-corrected chi connectivity index (χ1v) is 10.4. The number of carbonyl (C=O) groups excluding carboxylic acids is 2. The normalized spacial score (nSPS) is 17.8. The predicted octanol–water partition coefficient (Wildman–Crippen LogP) is 4.41. The van der Waals surface area contributed by atoms with Crippen molar-refractivity contribution in [1.82, 2.24) is 9.97 Å². The molecule has 2 aromatic heterocycles. The van der Waals surface area contributed by atoms with Crippen LogP contribution >= 0.6 is 0 Å². The highest BCUT2D eigenvalue weighted by atomic mass is 16.5. The second kappa shape index (κ2) is 7.67. The van der Waals surface area contributed by atoms with E-state index in [1.165, 1.54) is 12.0 Å². The number of H-pyrrole nitrogens is 1. The van der Waals surface area contributed by atoms with E-state index in [-0.39, 0.29) is 17.3 Å². The number of methoxy groups -OCH3 is 1. The molecule has 0 radical (unpaired) electrons. The Bertz CT molecular complexity index is 1430. The molecule has 4 aromatic rings. The van der Waals surface area contributed by atoms with Crippen LogP contribution in [0.15, 0.2) is 64.6 Å². The molecular weight excluding hydrogens is 422 g/mol. The SMILES string of the molecule is COc1ccc(/C(O)=C2\C(=O)C(=O)N(c3nc4ccc(C)cc4[nH]3)C2c2ccc(C)o2)cc1. The third kappa shape index (κ3) is 3.36. The number of rotatable bonds is 4. The zero-order chi connectivity index (χ0) is 23.3. The number of aliphatic hydroxyl groups is 1. The number of ether oxygens (including phenoxy) is 1. The molecule has 1 fully saturated rings. The van der Waals surface area contributed by atoms with Crippen LogP contribution < -0.4 is 9.64 Å². The van der Waals surface area contributed by atoms with Crippen LogP contribution in [0.4, 0.5) is 5.95 Å². The van der Waals surface area contributed by atoms with Crippen LogP contribution in [0.2, 0.25) is 0 Å². The summed E-state index contributed by atoms with van der Waals surface area (Å²) in [4.78, 5) is 35.3. The van der Waals surface area contributed by atoms with Crippen molar-refractivity contribution in [3.05, 3.63) is 82.8 Å². The topological polar surface area (TPSA) is 109 Å². The van der Waals surface area contributed by atoms with Crippen LogP contribution in [-0.2, 0) is 9.59 Å². The van der Waals surface area contributed by atoms with Gasteiger partial charge in [0.25, 0.3) is 5.78 Å². The lowest BCUT2D eigenvalue weighted by Gasteiger charge is -2.20. The zero-order valence-electron chi connectivity index (χ0n) is 18.2. The van der Waals surface area contributed by atoms with Gasteiger partial charge >= 0.3 is 5.91 Å². The van der Waals surface area contributed by atoms with E-state index in [1.807, 2.05) is 25.1 Å². The number of imidazole rings is 1. The van der Waals surface area contributed by atoms with Crippen LogP contribution in [0.3, 0.4) is 0 Å². The smallest absolute Gasteiger partial charge is 0.302 e. The number of anilines is 1. The summed E-state index contributed by atoms with van der Waals surface area (Å²) in [5.74, 6) is -0.171. The minimum atomic E-state index is -0.984. The van der Waals surface area contributed by atoms with Gasteiger partial charge in [-0.3, -0.25) is 14.5 Å². The Kier molecular flexibility index (Phi) is 4.78. The van der Waals surface area contributed by atoms with Gasteiger partial charge in [0, 0.05) is 5.56 Å². The summed E-state index contributed by atoms with van der Waals surface area (Å²) < 4.78 is 11.0. The number of nitrogens with one attached hydrogen (secondary N) is 1. The molecule has 8 heteroatoms. The first kappa shape index (κ1) is 20.6. The molecule has 1 aliphatic rings. The summed E-state index contributed by atoms with van der Waals surface area (Å²) >= 11 is 0. The van der Waals surface area contributed by atoms with Crippen LogP contribution in [0.25, 0.3) is 16.8 Å². The van der Waals surface area contributed by atoms with Gasteiger partial charge in [-0.2, -0.15) is 0 Å². The predicted molar refractivity (Wildman–Crippen MR) is 122 cm³/mol. The van der Waals surface area contributed by atoms with Crippen molar-refractivity contribution in [3.8, 4) is 5.75 Å². The summed E-state index contributed by atoms with van der Waals surface area (Å²) in [5, 5.41) is 11.1. The number of amides is 1. The maximum Gasteiger partial charge on any atom is 0.302 e. The number of benzene rings is 2. The lowest BCUT2D eigenvalue weighted by molar-refractivity contribution is -0.132. The number of nitrogens with zero attached hydrogens (tertiary/aromatic N) is 2. The number of hydrogen-bond donors (Lipinski definition) is 2. The Morgan fingerprint density at radius 2 is 1.85 bits per heavy atom. The zero-order valence-corrected chi connectivity index (χ0v) is 18.2. The molecule has 0 saturated carbocycles. The summed E-state index contributed by atoms with van der Waals surface area (Å²) in [6.07, 6.45) is 0. The number of aromatic nitrogens is 2. The van der Waals surface area contributed by atoms with E-state index in [0.29, 0.717) is 28.4 Å². The number of furan rings is 1. The number of hydrogen-bond acceptors (Lipinski definition) is 6. The van der Waals surface area contributed by atoms with Gasteiger partial charge in [-0.05, 0) is 67.9 Å². The molecule has 3 heterocycles. The summed E-state index contributed by atoms with van der Waals surface area (Å²) in [6.45, 7) is 3.72. The summed E-state index contributed by atoms with van der Waals surface area (Å²) in [5.41, 5.74) is 2.72. The van der Waals surface area contributed by atoms with E-state index in [9.17, 15) is 14.7 Å². The van der Waals surface area contributed by atoms with Gasteiger partial charge in [-0.1, -0.05) is 6.07 Å². The van der Waals surface area contributed by atoms with Crippen LogP contribution in [0.5, 0.6) is 5.75 Å². The molecule has 1 saturated heterocycles. The van der Waals surface area contributed by atoms with E-state index < -0.39 is 17.7 Å². The largest absolute Gasteiger partial charge is 0.507 e. The van der Waals surface area contributed by atoms with Gasteiger partial charge in [0.1, 0.15) is 29.1 Å². The highest BCUT2D eigenvalue weighted by Gasteiger charge is 2.49. The fourth-order valence-corrected chi connectivity index (χ4v) is 4.05. The van der Waals surface area contributed by atoms with E-state index in [0.717, 1.165) is 11.1 Å². The standard InChI is InChI=1S/C25H21N3O5/c1-13-4-10-17-18(12-13)27-25(26-17)28-21(19-11-5-14(2)33-19)20(23(30)24(28)31)22(29)15-6-8-16(32-3)9-7-15/h4-12,21,29H,1-3H3,(H,26,27)/b22-20+. The van der Waals surface area contributed by atoms with Gasteiger partial charge in [0.2, 0.25) is 5.95 Å². The van der Waals surface area contributed by atoms with Crippen LogP contribution in [0, 0.1) is 13.8 Å². The molecular formula is C25H21N3O5. The van der Waals surface area contributed by atoms with Crippen molar-refractivity contribution in [1.29, 1.82) is 0 Å². The quantitative estimate of drug-likeness (QED) is 0.275.